The molecule has 88 valence electrons. The first kappa shape index (κ1) is 11.6. The van der Waals surface area contributed by atoms with Crippen molar-refractivity contribution in [1.82, 2.24) is 20.5 Å². The van der Waals surface area contributed by atoms with E-state index in [4.69, 9.17) is 11.6 Å². The molecule has 5 nitrogen and oxygen atoms in total. The first-order valence-electron chi connectivity index (χ1n) is 5.09. The van der Waals surface area contributed by atoms with Crippen molar-refractivity contribution >= 4 is 17.5 Å². The first-order chi connectivity index (χ1) is 8.18. The zero-order chi connectivity index (χ0) is 12.3. The van der Waals surface area contributed by atoms with E-state index in [0.717, 1.165) is 5.56 Å². The highest BCUT2D eigenvalue weighted by molar-refractivity contribution is 6.31. The highest BCUT2D eigenvalue weighted by Crippen LogP contribution is 2.22. The number of carbonyl (C=O) groups excluding carboxylic acids is 1. The number of benzene rings is 1. The fraction of sp³-hybridized carbons (Fsp3) is 0.182. The summed E-state index contributed by atoms with van der Waals surface area (Å²) in [6, 6.07) is 7.18. The van der Waals surface area contributed by atoms with Crippen LogP contribution < -0.4 is 5.32 Å². The Hall–Kier alpha value is -1.88. The molecule has 0 fully saturated rings. The molecule has 0 spiro atoms. The number of carbonyl (C=O) groups is 1. The van der Waals surface area contributed by atoms with Crippen molar-refractivity contribution in [2.24, 2.45) is 0 Å². The van der Waals surface area contributed by atoms with E-state index in [0.29, 0.717) is 5.02 Å². The second-order valence-electron chi connectivity index (χ2n) is 3.55. The highest BCUT2D eigenvalue weighted by atomic mass is 35.5. The molecule has 0 saturated heterocycles. The predicted octanol–water partition coefficient (Wildman–Crippen LogP) is 1.95. The summed E-state index contributed by atoms with van der Waals surface area (Å²) in [4.78, 5) is 15.5. The zero-order valence-electron chi connectivity index (χ0n) is 9.14. The van der Waals surface area contributed by atoms with Crippen LogP contribution in [0.15, 0.2) is 30.6 Å². The summed E-state index contributed by atoms with van der Waals surface area (Å²) in [7, 11) is 0. The average Bonchev–Trinajstić information content (AvgIpc) is 2.82. The fourth-order valence-corrected chi connectivity index (χ4v) is 1.78. The summed E-state index contributed by atoms with van der Waals surface area (Å²) in [5.41, 5.74) is 0.863. The molecule has 1 atom stereocenters. The molecule has 1 unspecified atom stereocenters. The average molecular weight is 251 g/mol. The molecule has 0 bridgehead atoms. The van der Waals surface area contributed by atoms with Gasteiger partial charge in [-0.3, -0.25) is 9.89 Å². The van der Waals surface area contributed by atoms with Crippen molar-refractivity contribution in [2.45, 2.75) is 13.0 Å². The third-order valence-corrected chi connectivity index (χ3v) is 2.69. The summed E-state index contributed by atoms with van der Waals surface area (Å²) in [6.45, 7) is 1.86. The lowest BCUT2D eigenvalue weighted by atomic mass is 10.1. The molecule has 0 aliphatic carbocycles. The lowest BCUT2D eigenvalue weighted by molar-refractivity contribution is 0.0930. The second kappa shape index (κ2) is 4.97. The molecular weight excluding hydrogens is 240 g/mol. The summed E-state index contributed by atoms with van der Waals surface area (Å²) in [5.74, 6) is -0.126. The van der Waals surface area contributed by atoms with E-state index in [-0.39, 0.29) is 17.8 Å². The maximum Gasteiger partial charge on any atom is 0.289 e. The van der Waals surface area contributed by atoms with E-state index < -0.39 is 0 Å². The van der Waals surface area contributed by atoms with Crippen LogP contribution in [0.4, 0.5) is 0 Å². The van der Waals surface area contributed by atoms with Crippen LogP contribution in [0.2, 0.25) is 5.02 Å². The standard InChI is InChI=1S/C11H11ClN4O/c1-7(8-4-2-3-5-9(8)12)15-11(17)10-13-6-14-16-10/h2-7H,1H3,(H,15,17)(H,13,14,16). The van der Waals surface area contributed by atoms with Gasteiger partial charge in [0.1, 0.15) is 6.33 Å². The van der Waals surface area contributed by atoms with E-state index in [9.17, 15) is 4.79 Å². The molecule has 0 aliphatic rings. The Kier molecular flexibility index (Phi) is 3.39. The Bertz CT molecular complexity index is 512. The molecule has 1 amide bonds. The monoisotopic (exact) mass is 250 g/mol. The minimum absolute atomic E-state index is 0.184. The molecule has 1 aromatic heterocycles. The number of nitrogens with one attached hydrogen (secondary N) is 2. The minimum atomic E-state index is -0.310. The van der Waals surface area contributed by atoms with Crippen LogP contribution in [0.5, 0.6) is 0 Å². The summed E-state index contributed by atoms with van der Waals surface area (Å²) >= 11 is 6.04. The largest absolute Gasteiger partial charge is 0.343 e. The molecule has 2 N–H and O–H groups in total. The predicted molar refractivity (Wildman–Crippen MR) is 63.7 cm³/mol. The number of amides is 1. The lowest BCUT2D eigenvalue weighted by Crippen LogP contribution is -2.27. The van der Waals surface area contributed by atoms with Gasteiger partial charge < -0.3 is 5.32 Å². The molecule has 2 rings (SSSR count). The Labute approximate surface area is 103 Å². The van der Waals surface area contributed by atoms with Gasteiger partial charge in [0.25, 0.3) is 5.91 Å². The van der Waals surface area contributed by atoms with E-state index in [2.05, 4.69) is 20.5 Å². The van der Waals surface area contributed by atoms with Crippen molar-refractivity contribution in [3.8, 4) is 0 Å². The van der Waals surface area contributed by atoms with Crippen molar-refractivity contribution in [3.05, 3.63) is 47.0 Å². The number of hydrogen-bond acceptors (Lipinski definition) is 3. The van der Waals surface area contributed by atoms with Gasteiger partial charge in [-0.05, 0) is 18.6 Å². The van der Waals surface area contributed by atoms with Gasteiger partial charge in [0.15, 0.2) is 0 Å². The Morgan fingerprint density at radius 2 is 2.24 bits per heavy atom. The molecule has 6 heteroatoms. The summed E-state index contributed by atoms with van der Waals surface area (Å²) in [6.07, 6.45) is 1.29. The lowest BCUT2D eigenvalue weighted by Gasteiger charge is -2.14. The zero-order valence-corrected chi connectivity index (χ0v) is 9.90. The fourth-order valence-electron chi connectivity index (χ4n) is 1.48. The van der Waals surface area contributed by atoms with Gasteiger partial charge in [0.2, 0.25) is 5.82 Å². The number of aromatic amines is 1. The molecule has 0 radical (unpaired) electrons. The van der Waals surface area contributed by atoms with Crippen LogP contribution >= 0.6 is 11.6 Å². The summed E-state index contributed by atoms with van der Waals surface area (Å²) in [5, 5.41) is 9.53. The smallest absolute Gasteiger partial charge is 0.289 e. The van der Waals surface area contributed by atoms with Gasteiger partial charge in [-0.2, -0.15) is 5.10 Å². The van der Waals surface area contributed by atoms with Crippen molar-refractivity contribution in [1.29, 1.82) is 0 Å². The molecule has 1 aromatic carbocycles. The molecule has 2 aromatic rings. The van der Waals surface area contributed by atoms with Gasteiger partial charge in [-0.25, -0.2) is 4.98 Å². The van der Waals surface area contributed by atoms with Crippen LogP contribution in [0.25, 0.3) is 0 Å². The Morgan fingerprint density at radius 1 is 1.47 bits per heavy atom. The normalized spacial score (nSPS) is 12.1. The minimum Gasteiger partial charge on any atom is -0.343 e. The maximum absolute atomic E-state index is 11.7. The first-order valence-corrected chi connectivity index (χ1v) is 5.47. The molecule has 0 aliphatic heterocycles. The topological polar surface area (TPSA) is 70.7 Å². The number of hydrogen-bond donors (Lipinski definition) is 2. The Morgan fingerprint density at radius 3 is 2.88 bits per heavy atom. The van der Waals surface area contributed by atoms with Gasteiger partial charge >= 0.3 is 0 Å². The van der Waals surface area contributed by atoms with Crippen molar-refractivity contribution in [2.75, 3.05) is 0 Å². The Balaban J connectivity index is 2.10. The highest BCUT2D eigenvalue weighted by Gasteiger charge is 2.15. The van der Waals surface area contributed by atoms with Crippen LogP contribution in [0, 0.1) is 0 Å². The molecule has 0 saturated carbocycles. The van der Waals surface area contributed by atoms with Gasteiger partial charge in [-0.15, -0.1) is 0 Å². The SMILES string of the molecule is CC(NC(=O)c1ncn[nH]1)c1ccccc1Cl. The third kappa shape index (κ3) is 2.62. The number of H-pyrrole nitrogens is 1. The number of halogens is 1. The van der Waals surface area contributed by atoms with Crippen molar-refractivity contribution < 1.29 is 4.79 Å². The molecule has 1 heterocycles. The third-order valence-electron chi connectivity index (χ3n) is 2.35. The van der Waals surface area contributed by atoms with Crippen LogP contribution in [-0.2, 0) is 0 Å². The molecular formula is C11H11ClN4O. The van der Waals surface area contributed by atoms with E-state index in [1.54, 1.807) is 6.07 Å². The van der Waals surface area contributed by atoms with E-state index in [1.165, 1.54) is 6.33 Å². The van der Waals surface area contributed by atoms with Gasteiger partial charge in [0, 0.05) is 5.02 Å². The number of rotatable bonds is 3. The maximum atomic E-state index is 11.7. The molecule has 17 heavy (non-hydrogen) atoms. The van der Waals surface area contributed by atoms with Gasteiger partial charge in [-0.1, -0.05) is 29.8 Å². The van der Waals surface area contributed by atoms with E-state index in [1.807, 2.05) is 25.1 Å². The summed E-state index contributed by atoms with van der Waals surface area (Å²) < 4.78 is 0. The number of nitrogens with zero attached hydrogens (tertiary/aromatic N) is 2. The van der Waals surface area contributed by atoms with Crippen molar-refractivity contribution in [3.63, 3.8) is 0 Å². The quantitative estimate of drug-likeness (QED) is 0.875. The van der Waals surface area contributed by atoms with Crippen LogP contribution in [0.1, 0.15) is 29.1 Å². The van der Waals surface area contributed by atoms with Crippen LogP contribution in [0.3, 0.4) is 0 Å². The number of aromatic nitrogens is 3. The van der Waals surface area contributed by atoms with Gasteiger partial charge in [0.05, 0.1) is 6.04 Å². The van der Waals surface area contributed by atoms with Crippen LogP contribution in [-0.4, -0.2) is 21.1 Å². The van der Waals surface area contributed by atoms with E-state index >= 15 is 0 Å². The second-order valence-corrected chi connectivity index (χ2v) is 3.96.